The zero-order valence-electron chi connectivity index (χ0n) is 10.3. The van der Waals surface area contributed by atoms with E-state index in [0.29, 0.717) is 16.5 Å². The van der Waals surface area contributed by atoms with E-state index >= 15 is 0 Å². The largest absolute Gasteiger partial charge is 0.477 e. The van der Waals surface area contributed by atoms with Crippen LogP contribution in [-0.2, 0) is 0 Å². The molecule has 3 aromatic rings. The smallest absolute Gasteiger partial charge is 0.347 e. The molecule has 0 aromatic carbocycles. The lowest BCUT2D eigenvalue weighted by molar-refractivity contribution is 0.0701. The standard InChI is InChI=1S/C11H8N6O2S/c1-6-9(11(18)19)20-10(14-6)7-2-3-12-8(4-7)17-5-13-15-16-17/h2-5H,1H3,(H,18,19). The number of thiazole rings is 1. The van der Waals surface area contributed by atoms with Gasteiger partial charge in [0.05, 0.1) is 5.69 Å². The number of tetrazole rings is 1. The van der Waals surface area contributed by atoms with Crippen molar-refractivity contribution in [3.8, 4) is 16.4 Å². The van der Waals surface area contributed by atoms with Crippen LogP contribution in [0.15, 0.2) is 24.7 Å². The molecule has 8 nitrogen and oxygen atoms in total. The van der Waals surface area contributed by atoms with Crippen molar-refractivity contribution in [2.75, 3.05) is 0 Å². The molecule has 0 amide bonds. The normalized spacial score (nSPS) is 10.7. The maximum absolute atomic E-state index is 11.0. The number of carboxylic acids is 1. The summed E-state index contributed by atoms with van der Waals surface area (Å²) in [7, 11) is 0. The molecule has 100 valence electrons. The monoisotopic (exact) mass is 288 g/mol. The van der Waals surface area contributed by atoms with Crippen LogP contribution in [0.5, 0.6) is 0 Å². The van der Waals surface area contributed by atoms with Crippen molar-refractivity contribution >= 4 is 17.3 Å². The first kappa shape index (κ1) is 12.4. The van der Waals surface area contributed by atoms with Crippen LogP contribution in [0.2, 0.25) is 0 Å². The zero-order chi connectivity index (χ0) is 14.1. The average molecular weight is 288 g/mol. The number of hydrogen-bond donors (Lipinski definition) is 1. The second-order valence-corrected chi connectivity index (χ2v) is 4.89. The van der Waals surface area contributed by atoms with Crippen LogP contribution in [0, 0.1) is 6.92 Å². The molecule has 9 heteroatoms. The number of carboxylic acid groups (broad SMARTS) is 1. The van der Waals surface area contributed by atoms with E-state index in [2.05, 4.69) is 25.5 Å². The molecule has 0 aliphatic rings. The molecule has 0 aliphatic carbocycles. The van der Waals surface area contributed by atoms with E-state index in [4.69, 9.17) is 5.11 Å². The van der Waals surface area contributed by atoms with Gasteiger partial charge in [-0.15, -0.1) is 16.4 Å². The topological polar surface area (TPSA) is 107 Å². The Labute approximate surface area is 116 Å². The lowest BCUT2D eigenvalue weighted by atomic mass is 10.2. The van der Waals surface area contributed by atoms with Crippen molar-refractivity contribution in [3.63, 3.8) is 0 Å². The van der Waals surface area contributed by atoms with Crippen LogP contribution < -0.4 is 0 Å². The predicted octanol–water partition coefficient (Wildman–Crippen LogP) is 1.19. The Kier molecular flexibility index (Phi) is 2.95. The predicted molar refractivity (Wildman–Crippen MR) is 69.8 cm³/mol. The number of rotatable bonds is 3. The van der Waals surface area contributed by atoms with Crippen molar-refractivity contribution in [2.45, 2.75) is 6.92 Å². The van der Waals surface area contributed by atoms with Crippen molar-refractivity contribution in [2.24, 2.45) is 0 Å². The lowest BCUT2D eigenvalue weighted by Gasteiger charge is -2.00. The third-order valence-electron chi connectivity index (χ3n) is 2.57. The fourth-order valence-electron chi connectivity index (χ4n) is 1.66. The third kappa shape index (κ3) is 2.14. The minimum Gasteiger partial charge on any atom is -0.477 e. The first-order chi connectivity index (χ1) is 9.65. The maximum Gasteiger partial charge on any atom is 0.347 e. The Hall–Kier alpha value is -2.68. The van der Waals surface area contributed by atoms with Gasteiger partial charge in [-0.05, 0) is 29.5 Å². The third-order valence-corrected chi connectivity index (χ3v) is 3.76. The molecule has 0 saturated heterocycles. The number of nitrogens with zero attached hydrogens (tertiary/aromatic N) is 6. The molecular weight excluding hydrogens is 280 g/mol. The Bertz CT molecular complexity index is 767. The van der Waals surface area contributed by atoms with Crippen molar-refractivity contribution in [1.82, 2.24) is 30.2 Å². The van der Waals surface area contributed by atoms with E-state index in [1.807, 2.05) is 0 Å². The highest BCUT2D eigenvalue weighted by molar-refractivity contribution is 7.17. The first-order valence-electron chi connectivity index (χ1n) is 5.55. The summed E-state index contributed by atoms with van der Waals surface area (Å²) >= 11 is 1.13. The van der Waals surface area contributed by atoms with Gasteiger partial charge in [0.15, 0.2) is 5.82 Å². The molecule has 0 radical (unpaired) electrons. The highest BCUT2D eigenvalue weighted by Crippen LogP contribution is 2.28. The molecule has 3 aromatic heterocycles. The molecule has 0 atom stereocenters. The van der Waals surface area contributed by atoms with Crippen LogP contribution >= 0.6 is 11.3 Å². The highest BCUT2D eigenvalue weighted by Gasteiger charge is 2.15. The van der Waals surface area contributed by atoms with Crippen LogP contribution in [-0.4, -0.2) is 41.3 Å². The molecule has 20 heavy (non-hydrogen) atoms. The second-order valence-electron chi connectivity index (χ2n) is 3.90. The van der Waals surface area contributed by atoms with Crippen LogP contribution in [0.1, 0.15) is 15.4 Å². The molecule has 1 N–H and O–H groups in total. The van der Waals surface area contributed by atoms with Gasteiger partial charge in [-0.3, -0.25) is 0 Å². The maximum atomic E-state index is 11.0. The van der Waals surface area contributed by atoms with E-state index in [0.717, 1.165) is 16.9 Å². The van der Waals surface area contributed by atoms with Crippen LogP contribution in [0.25, 0.3) is 16.4 Å². The molecule has 0 aliphatic heterocycles. The Morgan fingerprint density at radius 3 is 2.95 bits per heavy atom. The molecule has 0 fully saturated rings. The summed E-state index contributed by atoms with van der Waals surface area (Å²) in [6.45, 7) is 1.67. The Balaban J connectivity index is 2.05. The number of aryl methyl sites for hydroxylation is 1. The van der Waals surface area contributed by atoms with Gasteiger partial charge in [-0.25, -0.2) is 14.8 Å². The van der Waals surface area contributed by atoms with Gasteiger partial charge in [-0.2, -0.15) is 4.68 Å². The van der Waals surface area contributed by atoms with E-state index in [1.165, 1.54) is 11.0 Å². The van der Waals surface area contributed by atoms with Gasteiger partial charge in [0.25, 0.3) is 0 Å². The summed E-state index contributed by atoms with van der Waals surface area (Å²) in [4.78, 5) is 19.7. The van der Waals surface area contributed by atoms with Gasteiger partial charge in [0.2, 0.25) is 0 Å². The van der Waals surface area contributed by atoms with Crippen LogP contribution in [0.3, 0.4) is 0 Å². The van der Waals surface area contributed by atoms with E-state index < -0.39 is 5.97 Å². The van der Waals surface area contributed by atoms with Gasteiger partial charge >= 0.3 is 5.97 Å². The molecule has 0 saturated carbocycles. The summed E-state index contributed by atoms with van der Waals surface area (Å²) in [5.74, 6) is -0.432. The second kappa shape index (κ2) is 4.78. The van der Waals surface area contributed by atoms with Gasteiger partial charge in [0, 0.05) is 11.8 Å². The molecule has 3 heterocycles. The average Bonchev–Trinajstić information content (AvgIpc) is 3.08. The minimum absolute atomic E-state index is 0.237. The zero-order valence-corrected chi connectivity index (χ0v) is 11.1. The van der Waals surface area contributed by atoms with Gasteiger partial charge < -0.3 is 5.11 Å². The summed E-state index contributed by atoms with van der Waals surface area (Å²) in [6.07, 6.45) is 3.03. The number of aromatic nitrogens is 6. The molecule has 3 rings (SSSR count). The van der Waals surface area contributed by atoms with Gasteiger partial charge in [0.1, 0.15) is 16.2 Å². The lowest BCUT2D eigenvalue weighted by Crippen LogP contribution is -1.98. The number of pyridine rings is 1. The van der Waals surface area contributed by atoms with E-state index in [9.17, 15) is 4.79 Å². The van der Waals surface area contributed by atoms with Crippen molar-refractivity contribution in [3.05, 3.63) is 35.2 Å². The number of carbonyl (C=O) groups is 1. The number of aromatic carboxylic acids is 1. The first-order valence-corrected chi connectivity index (χ1v) is 6.37. The quantitative estimate of drug-likeness (QED) is 0.771. The van der Waals surface area contributed by atoms with Crippen molar-refractivity contribution in [1.29, 1.82) is 0 Å². The highest BCUT2D eigenvalue weighted by atomic mass is 32.1. The molecule has 0 bridgehead atoms. The summed E-state index contributed by atoms with van der Waals surface area (Å²) in [6, 6.07) is 3.51. The Morgan fingerprint density at radius 2 is 2.30 bits per heavy atom. The van der Waals surface area contributed by atoms with Crippen LogP contribution in [0.4, 0.5) is 0 Å². The summed E-state index contributed by atoms with van der Waals surface area (Å²) < 4.78 is 1.42. The SMILES string of the molecule is Cc1nc(-c2ccnc(-n3cnnn3)c2)sc1C(=O)O. The Morgan fingerprint density at radius 1 is 1.45 bits per heavy atom. The molecular formula is C11H8N6O2S. The fourth-order valence-corrected chi connectivity index (χ4v) is 2.56. The summed E-state index contributed by atoms with van der Waals surface area (Å²) in [5, 5.41) is 20.5. The minimum atomic E-state index is -0.971. The number of hydrogen-bond acceptors (Lipinski definition) is 7. The van der Waals surface area contributed by atoms with Crippen molar-refractivity contribution < 1.29 is 9.90 Å². The fraction of sp³-hybridized carbons (Fsp3) is 0.0909. The van der Waals surface area contributed by atoms with E-state index in [1.54, 1.807) is 25.3 Å². The van der Waals surface area contributed by atoms with Gasteiger partial charge in [-0.1, -0.05) is 0 Å². The van der Waals surface area contributed by atoms with E-state index in [-0.39, 0.29) is 4.88 Å². The molecule has 0 unspecified atom stereocenters. The molecule has 0 spiro atoms. The summed E-state index contributed by atoms with van der Waals surface area (Å²) in [5.41, 5.74) is 1.27.